The Balaban J connectivity index is 1.75. The third-order valence-electron chi connectivity index (χ3n) is 3.25. The highest BCUT2D eigenvalue weighted by atomic mass is 35.5. The molecule has 1 atom stereocenters. The molecule has 1 aromatic rings. The number of amides is 1. The van der Waals surface area contributed by atoms with E-state index in [4.69, 9.17) is 23.2 Å². The van der Waals surface area contributed by atoms with E-state index in [0.717, 1.165) is 18.4 Å². The van der Waals surface area contributed by atoms with Crippen LogP contribution in [0.4, 0.5) is 0 Å². The van der Waals surface area contributed by atoms with Crippen LogP contribution >= 0.6 is 23.2 Å². The Kier molecular flexibility index (Phi) is 5.08. The average Bonchev–Trinajstić information content (AvgIpc) is 3.21. The van der Waals surface area contributed by atoms with Crippen LogP contribution < -0.4 is 10.6 Å². The number of benzene rings is 1. The van der Waals surface area contributed by atoms with Gasteiger partial charge in [0, 0.05) is 35.1 Å². The summed E-state index contributed by atoms with van der Waals surface area (Å²) in [4.78, 5) is 11.4. The van der Waals surface area contributed by atoms with Crippen molar-refractivity contribution in [1.82, 2.24) is 10.6 Å². The van der Waals surface area contributed by atoms with E-state index < -0.39 is 0 Å². The molecule has 1 saturated carbocycles. The number of rotatable bonds is 6. The van der Waals surface area contributed by atoms with Crippen LogP contribution in [0.3, 0.4) is 0 Å². The van der Waals surface area contributed by atoms with Gasteiger partial charge in [0.25, 0.3) is 0 Å². The Labute approximate surface area is 123 Å². The normalized spacial score (nSPS) is 16.2. The number of carbonyl (C=O) groups is 1. The van der Waals surface area contributed by atoms with E-state index in [1.165, 1.54) is 0 Å². The van der Waals surface area contributed by atoms with Crippen molar-refractivity contribution >= 4 is 29.1 Å². The third-order valence-corrected chi connectivity index (χ3v) is 3.83. The molecule has 2 rings (SSSR count). The number of hydrogen-bond donors (Lipinski definition) is 2. The molecule has 0 aliphatic heterocycles. The molecule has 104 valence electrons. The van der Waals surface area contributed by atoms with E-state index in [0.29, 0.717) is 23.1 Å². The van der Waals surface area contributed by atoms with Gasteiger partial charge < -0.3 is 10.6 Å². The minimum atomic E-state index is 0.101. The van der Waals surface area contributed by atoms with Gasteiger partial charge in [-0.1, -0.05) is 23.2 Å². The van der Waals surface area contributed by atoms with E-state index in [-0.39, 0.29) is 17.9 Å². The van der Waals surface area contributed by atoms with Crippen molar-refractivity contribution < 1.29 is 4.79 Å². The molecule has 1 aliphatic rings. The first kappa shape index (κ1) is 14.6. The fourth-order valence-electron chi connectivity index (χ4n) is 1.92. The van der Waals surface area contributed by atoms with Gasteiger partial charge >= 0.3 is 0 Å². The van der Waals surface area contributed by atoms with Crippen molar-refractivity contribution in [2.24, 2.45) is 5.92 Å². The first-order chi connectivity index (χ1) is 9.08. The molecule has 1 unspecified atom stereocenters. The fourth-order valence-corrected chi connectivity index (χ4v) is 2.38. The summed E-state index contributed by atoms with van der Waals surface area (Å²) in [6.45, 7) is 3.38. The number of halogens is 2. The maximum Gasteiger partial charge on any atom is 0.223 e. The molecule has 19 heavy (non-hydrogen) atoms. The van der Waals surface area contributed by atoms with Crippen molar-refractivity contribution in [2.45, 2.75) is 25.8 Å². The molecular formula is C14H18Cl2N2O. The maximum atomic E-state index is 11.4. The molecule has 0 radical (unpaired) electrons. The summed E-state index contributed by atoms with van der Waals surface area (Å²) >= 11 is 12.1. The minimum Gasteiger partial charge on any atom is -0.355 e. The van der Waals surface area contributed by atoms with Crippen molar-refractivity contribution in [3.8, 4) is 0 Å². The maximum absolute atomic E-state index is 11.4. The molecule has 0 heterocycles. The second-order valence-corrected chi connectivity index (χ2v) is 5.75. The van der Waals surface area contributed by atoms with Crippen LogP contribution in [0.25, 0.3) is 0 Å². The number of hydrogen-bond acceptors (Lipinski definition) is 2. The summed E-state index contributed by atoms with van der Waals surface area (Å²) in [6.07, 6.45) is 2.07. The fraction of sp³-hybridized carbons (Fsp3) is 0.500. The molecule has 1 aromatic carbocycles. The lowest BCUT2D eigenvalue weighted by molar-refractivity contribution is -0.122. The lowest BCUT2D eigenvalue weighted by Gasteiger charge is -2.16. The highest BCUT2D eigenvalue weighted by molar-refractivity contribution is 6.33. The SMILES string of the molecule is CC(NCCNC(=O)C1CC1)c1cc(Cl)ccc1Cl. The summed E-state index contributed by atoms with van der Waals surface area (Å²) in [5, 5.41) is 7.62. The lowest BCUT2D eigenvalue weighted by Crippen LogP contribution is -2.33. The Morgan fingerprint density at radius 3 is 2.79 bits per heavy atom. The largest absolute Gasteiger partial charge is 0.355 e. The van der Waals surface area contributed by atoms with Crippen molar-refractivity contribution in [3.63, 3.8) is 0 Å². The molecule has 0 bridgehead atoms. The van der Waals surface area contributed by atoms with Gasteiger partial charge in [0.2, 0.25) is 5.91 Å². The summed E-state index contributed by atoms with van der Waals surface area (Å²) in [5.74, 6) is 0.440. The summed E-state index contributed by atoms with van der Waals surface area (Å²) in [5.41, 5.74) is 0.975. The van der Waals surface area contributed by atoms with Crippen molar-refractivity contribution in [3.05, 3.63) is 33.8 Å². The Bertz CT molecular complexity index is 461. The lowest BCUT2D eigenvalue weighted by atomic mass is 10.1. The highest BCUT2D eigenvalue weighted by Crippen LogP contribution is 2.28. The van der Waals surface area contributed by atoms with Crippen LogP contribution in [0.2, 0.25) is 10.0 Å². The molecule has 0 saturated heterocycles. The molecule has 1 fully saturated rings. The first-order valence-electron chi connectivity index (χ1n) is 6.54. The second kappa shape index (κ2) is 6.60. The van der Waals surface area contributed by atoms with Gasteiger partial charge in [-0.15, -0.1) is 0 Å². The summed E-state index contributed by atoms with van der Waals surface area (Å²) in [6, 6.07) is 5.54. The van der Waals surface area contributed by atoms with Crippen LogP contribution in [0.15, 0.2) is 18.2 Å². The predicted octanol–water partition coefficient (Wildman–Crippen LogP) is 3.17. The van der Waals surface area contributed by atoms with E-state index in [2.05, 4.69) is 10.6 Å². The van der Waals surface area contributed by atoms with Crippen molar-refractivity contribution in [1.29, 1.82) is 0 Å². The smallest absolute Gasteiger partial charge is 0.223 e. The minimum absolute atomic E-state index is 0.101. The summed E-state index contributed by atoms with van der Waals surface area (Å²) in [7, 11) is 0. The monoisotopic (exact) mass is 300 g/mol. The van der Waals surface area contributed by atoms with E-state index in [9.17, 15) is 4.79 Å². The zero-order valence-corrected chi connectivity index (χ0v) is 12.4. The Morgan fingerprint density at radius 1 is 1.37 bits per heavy atom. The van der Waals surface area contributed by atoms with E-state index in [1.54, 1.807) is 12.1 Å². The van der Waals surface area contributed by atoms with Crippen molar-refractivity contribution in [2.75, 3.05) is 13.1 Å². The molecule has 2 N–H and O–H groups in total. The van der Waals surface area contributed by atoms with Gasteiger partial charge in [0.05, 0.1) is 0 Å². The highest BCUT2D eigenvalue weighted by Gasteiger charge is 2.28. The van der Waals surface area contributed by atoms with Gasteiger partial charge in [-0.2, -0.15) is 0 Å². The second-order valence-electron chi connectivity index (χ2n) is 4.91. The van der Waals surface area contributed by atoms with Gasteiger partial charge in [-0.25, -0.2) is 0 Å². The molecule has 0 aromatic heterocycles. The summed E-state index contributed by atoms with van der Waals surface area (Å²) < 4.78 is 0. The van der Waals surface area contributed by atoms with Crippen LogP contribution in [-0.2, 0) is 4.79 Å². The third kappa shape index (κ3) is 4.37. The molecule has 1 amide bonds. The number of carbonyl (C=O) groups excluding carboxylic acids is 1. The first-order valence-corrected chi connectivity index (χ1v) is 7.29. The molecule has 5 heteroatoms. The average molecular weight is 301 g/mol. The molecule has 0 spiro atoms. The predicted molar refractivity (Wildman–Crippen MR) is 78.6 cm³/mol. The Morgan fingerprint density at radius 2 is 2.11 bits per heavy atom. The zero-order chi connectivity index (χ0) is 13.8. The number of nitrogens with one attached hydrogen (secondary N) is 2. The topological polar surface area (TPSA) is 41.1 Å². The van der Waals surface area contributed by atoms with Gasteiger partial charge in [0.1, 0.15) is 0 Å². The Hall–Kier alpha value is -0.770. The van der Waals surface area contributed by atoms with Crippen LogP contribution in [0.5, 0.6) is 0 Å². The molecule has 1 aliphatic carbocycles. The van der Waals surface area contributed by atoms with Crippen LogP contribution in [0.1, 0.15) is 31.4 Å². The standard InChI is InChI=1S/C14H18Cl2N2O/c1-9(12-8-11(15)4-5-13(12)16)17-6-7-18-14(19)10-2-3-10/h4-5,8-10,17H,2-3,6-7H2,1H3,(H,18,19). The van der Waals surface area contributed by atoms with E-state index in [1.807, 2.05) is 13.0 Å². The molecular weight excluding hydrogens is 283 g/mol. The van der Waals surface area contributed by atoms with Crippen LogP contribution in [0, 0.1) is 5.92 Å². The van der Waals surface area contributed by atoms with E-state index >= 15 is 0 Å². The zero-order valence-electron chi connectivity index (χ0n) is 10.9. The molecule has 3 nitrogen and oxygen atoms in total. The quantitative estimate of drug-likeness (QED) is 0.792. The van der Waals surface area contributed by atoms with Gasteiger partial charge in [0.15, 0.2) is 0 Å². The van der Waals surface area contributed by atoms with Gasteiger partial charge in [-0.3, -0.25) is 4.79 Å². The van der Waals surface area contributed by atoms with Gasteiger partial charge in [-0.05, 0) is 43.5 Å². The van der Waals surface area contributed by atoms with Crippen LogP contribution in [-0.4, -0.2) is 19.0 Å².